The summed E-state index contributed by atoms with van der Waals surface area (Å²) in [5.74, 6) is -6.57. The summed E-state index contributed by atoms with van der Waals surface area (Å²) in [7, 11) is 0. The molecule has 1 aliphatic rings. The third-order valence-corrected chi connectivity index (χ3v) is 12.1. The van der Waals surface area contributed by atoms with Crippen LogP contribution in [-0.2, 0) is 44.7 Å². The Kier molecular flexibility index (Phi) is 28.7. The van der Waals surface area contributed by atoms with Crippen molar-refractivity contribution < 1.29 is 48.5 Å². The Morgan fingerprint density at radius 1 is 0.746 bits per heavy atom. The summed E-state index contributed by atoms with van der Waals surface area (Å²) in [6.45, 7) is 5.54. The standard InChI is InChI=1S/C48H81N9O10/c1-4-32(2)41-45(64)53-36(27-28-49)43(62)54-37(25-26-40(60)61)47(66)67-33(3)42(46(65)55-38(44(63)57-41)30-34-22-18-17-19-23-34)56-39(59)31-35(58)24-20-15-13-11-9-7-5-6-8-10-12-14-16-21-29-52-48(50)51/h17-19,22-23,32-33,35-38,41-42,58H,4-16,20-21,24-31,49H2,1-3H3,(H,53,64)(H,54,62)(H,55,65)(H,56,59)(H,57,63)(H,60,61)(H4,50,51,52)/t32-,33+,35?,36?,37?,38+,41-,42?/m0/s1. The average Bonchev–Trinajstić information content (AvgIpc) is 3.28. The van der Waals surface area contributed by atoms with Crippen LogP contribution in [-0.4, -0.2) is 113 Å². The van der Waals surface area contributed by atoms with E-state index in [4.69, 9.17) is 21.9 Å². The van der Waals surface area contributed by atoms with Crippen LogP contribution in [0.25, 0.3) is 0 Å². The number of nitrogens with zero attached hydrogens (tertiary/aromatic N) is 1. The molecule has 19 heteroatoms. The number of unbranched alkanes of at least 4 members (excludes halogenated alkanes) is 13. The summed E-state index contributed by atoms with van der Waals surface area (Å²) in [6, 6.07) is 1.93. The third kappa shape index (κ3) is 24.3. The Labute approximate surface area is 396 Å². The summed E-state index contributed by atoms with van der Waals surface area (Å²) in [4.78, 5) is 98.6. The first kappa shape index (κ1) is 57.8. The minimum Gasteiger partial charge on any atom is -0.481 e. The number of guanidine groups is 1. The van der Waals surface area contributed by atoms with Gasteiger partial charge in [0, 0.05) is 19.4 Å². The molecular formula is C48H81N9O10. The number of hydrogen-bond donors (Lipinski definition) is 10. The Hall–Kier alpha value is -5.30. The van der Waals surface area contributed by atoms with E-state index in [1.165, 1.54) is 51.9 Å². The highest BCUT2D eigenvalue weighted by atomic mass is 16.5. The average molecular weight is 944 g/mol. The number of ether oxygens (including phenoxy) is 1. The summed E-state index contributed by atoms with van der Waals surface area (Å²) in [5.41, 5.74) is 17.2. The van der Waals surface area contributed by atoms with Gasteiger partial charge in [0.1, 0.15) is 36.3 Å². The second-order valence-electron chi connectivity index (χ2n) is 17.8. The number of aliphatic carboxylic acids is 1. The zero-order valence-corrected chi connectivity index (χ0v) is 40.1. The lowest BCUT2D eigenvalue weighted by atomic mass is 9.96. The quantitative estimate of drug-likeness (QED) is 0.0239. The number of nitrogens with two attached hydrogens (primary N) is 3. The minimum absolute atomic E-state index is 0.0264. The molecule has 4 unspecified atom stereocenters. The highest BCUT2D eigenvalue weighted by Gasteiger charge is 2.38. The van der Waals surface area contributed by atoms with Crippen LogP contribution in [0.1, 0.15) is 155 Å². The molecule has 378 valence electrons. The predicted molar refractivity (Wildman–Crippen MR) is 256 cm³/mol. The fourth-order valence-electron chi connectivity index (χ4n) is 7.86. The van der Waals surface area contributed by atoms with Gasteiger partial charge in [0.05, 0.1) is 12.5 Å². The van der Waals surface area contributed by atoms with Gasteiger partial charge in [-0.05, 0) is 50.6 Å². The first-order valence-electron chi connectivity index (χ1n) is 24.5. The third-order valence-electron chi connectivity index (χ3n) is 12.1. The van der Waals surface area contributed by atoms with E-state index in [-0.39, 0.29) is 31.8 Å². The summed E-state index contributed by atoms with van der Waals surface area (Å²) < 4.78 is 5.66. The van der Waals surface area contributed by atoms with Gasteiger partial charge < -0.3 is 58.7 Å². The van der Waals surface area contributed by atoms with Gasteiger partial charge in [-0.25, -0.2) is 4.79 Å². The normalized spacial score (nSPS) is 21.7. The molecule has 0 saturated carbocycles. The maximum Gasteiger partial charge on any atom is 0.329 e. The van der Waals surface area contributed by atoms with E-state index in [9.17, 15) is 43.8 Å². The molecule has 1 fully saturated rings. The number of nitrogens with one attached hydrogen (secondary N) is 5. The highest BCUT2D eigenvalue weighted by molar-refractivity contribution is 5.97. The molecule has 1 saturated heterocycles. The predicted octanol–water partition coefficient (Wildman–Crippen LogP) is 2.73. The molecule has 5 amide bonds. The Morgan fingerprint density at radius 3 is 1.84 bits per heavy atom. The van der Waals surface area contributed by atoms with E-state index in [2.05, 4.69) is 31.6 Å². The number of aliphatic imine (C=N–C) groups is 1. The number of rotatable bonds is 29. The lowest BCUT2D eigenvalue weighted by Gasteiger charge is -2.31. The van der Waals surface area contributed by atoms with E-state index in [0.29, 0.717) is 31.4 Å². The first-order chi connectivity index (χ1) is 32.1. The van der Waals surface area contributed by atoms with Gasteiger partial charge >= 0.3 is 11.9 Å². The van der Waals surface area contributed by atoms with Crippen molar-refractivity contribution in [1.29, 1.82) is 0 Å². The first-order valence-corrected chi connectivity index (χ1v) is 24.5. The summed E-state index contributed by atoms with van der Waals surface area (Å²) in [5, 5.41) is 33.4. The van der Waals surface area contributed by atoms with Crippen LogP contribution in [0.4, 0.5) is 0 Å². The van der Waals surface area contributed by atoms with Gasteiger partial charge in [-0.2, -0.15) is 0 Å². The van der Waals surface area contributed by atoms with Crippen molar-refractivity contribution in [2.75, 3.05) is 13.1 Å². The fourth-order valence-corrected chi connectivity index (χ4v) is 7.86. The fraction of sp³-hybridized carbons (Fsp3) is 0.708. The van der Waals surface area contributed by atoms with E-state index in [1.807, 2.05) is 6.92 Å². The zero-order chi connectivity index (χ0) is 49.6. The van der Waals surface area contributed by atoms with Crippen LogP contribution in [0.3, 0.4) is 0 Å². The van der Waals surface area contributed by atoms with Crippen molar-refractivity contribution in [2.24, 2.45) is 28.1 Å². The topological polar surface area (TPSA) is 320 Å². The molecule has 0 aliphatic carbocycles. The van der Waals surface area contributed by atoms with Crippen LogP contribution in [0.5, 0.6) is 0 Å². The molecule has 0 radical (unpaired) electrons. The lowest BCUT2D eigenvalue weighted by Crippen LogP contribution is -2.62. The molecule has 1 aromatic rings. The van der Waals surface area contributed by atoms with Crippen molar-refractivity contribution in [3.05, 3.63) is 35.9 Å². The van der Waals surface area contributed by atoms with Crippen LogP contribution in [0.2, 0.25) is 0 Å². The molecule has 1 heterocycles. The van der Waals surface area contributed by atoms with E-state index in [0.717, 1.165) is 38.5 Å². The second-order valence-corrected chi connectivity index (χ2v) is 17.8. The number of carboxylic acids is 1. The smallest absolute Gasteiger partial charge is 0.329 e. The molecule has 0 bridgehead atoms. The van der Waals surface area contributed by atoms with Crippen molar-refractivity contribution in [3.8, 4) is 0 Å². The van der Waals surface area contributed by atoms with Crippen LogP contribution in [0.15, 0.2) is 35.3 Å². The van der Waals surface area contributed by atoms with Gasteiger partial charge in [0.25, 0.3) is 0 Å². The molecule has 67 heavy (non-hydrogen) atoms. The number of aliphatic hydroxyl groups excluding tert-OH is 1. The van der Waals surface area contributed by atoms with Gasteiger partial charge in [-0.15, -0.1) is 0 Å². The number of benzene rings is 1. The second kappa shape index (κ2) is 33.2. The van der Waals surface area contributed by atoms with Crippen LogP contribution in [0, 0.1) is 5.92 Å². The van der Waals surface area contributed by atoms with Crippen molar-refractivity contribution in [1.82, 2.24) is 26.6 Å². The van der Waals surface area contributed by atoms with Gasteiger partial charge in [-0.1, -0.05) is 134 Å². The van der Waals surface area contributed by atoms with Gasteiger partial charge in [-0.3, -0.25) is 33.8 Å². The van der Waals surface area contributed by atoms with Gasteiger partial charge in [0.15, 0.2) is 5.96 Å². The number of amides is 5. The van der Waals surface area contributed by atoms with E-state index >= 15 is 0 Å². The Bertz CT molecular complexity index is 1700. The van der Waals surface area contributed by atoms with E-state index < -0.39 is 103 Å². The molecule has 1 aromatic carbocycles. The number of carbonyl (C=O) groups is 7. The molecule has 0 aromatic heterocycles. The molecule has 8 atom stereocenters. The highest BCUT2D eigenvalue weighted by Crippen LogP contribution is 2.17. The molecule has 1 aliphatic heterocycles. The maximum absolute atomic E-state index is 14.2. The Morgan fingerprint density at radius 2 is 1.28 bits per heavy atom. The lowest BCUT2D eigenvalue weighted by molar-refractivity contribution is -0.156. The molecule has 19 nitrogen and oxygen atoms in total. The molecule has 13 N–H and O–H groups in total. The van der Waals surface area contributed by atoms with E-state index in [1.54, 1.807) is 37.3 Å². The molecular weight excluding hydrogens is 863 g/mol. The number of esters is 1. The van der Waals surface area contributed by atoms with Crippen molar-refractivity contribution in [2.45, 2.75) is 198 Å². The maximum atomic E-state index is 14.2. The number of cyclic esters (lactones) is 1. The largest absolute Gasteiger partial charge is 0.481 e. The SMILES string of the molecule is CC[C@H](C)[C@@H]1NC(=O)[C@@H](Cc2ccccc2)NC(=O)C(NC(=O)CC(O)CCCCCCCCCCCCCCCCN=C(N)N)[C@@H](C)OC(=O)C(CCC(=O)O)NC(=O)C(CCN)NC1=O. The van der Waals surface area contributed by atoms with Crippen molar-refractivity contribution >= 4 is 47.4 Å². The van der Waals surface area contributed by atoms with Crippen LogP contribution < -0.4 is 43.8 Å². The van der Waals surface area contributed by atoms with Crippen molar-refractivity contribution in [3.63, 3.8) is 0 Å². The molecule has 2 rings (SSSR count). The Balaban J connectivity index is 2.14. The van der Waals surface area contributed by atoms with Gasteiger partial charge in [0.2, 0.25) is 29.5 Å². The zero-order valence-electron chi connectivity index (χ0n) is 40.1. The molecule has 0 spiro atoms. The number of aliphatic hydroxyl groups is 1. The van der Waals surface area contributed by atoms with Crippen LogP contribution >= 0.6 is 0 Å². The summed E-state index contributed by atoms with van der Waals surface area (Å²) in [6.07, 6.45) is 12.5. The monoisotopic (exact) mass is 944 g/mol. The number of hydrogen-bond acceptors (Lipinski definition) is 11. The summed E-state index contributed by atoms with van der Waals surface area (Å²) >= 11 is 0. The number of carbonyl (C=O) groups excluding carboxylic acids is 6. The minimum atomic E-state index is -1.61. The number of carboxylic acid groups (broad SMARTS) is 1.